The molecule has 0 atom stereocenters. The summed E-state index contributed by atoms with van der Waals surface area (Å²) in [5, 5.41) is 0.649. The van der Waals surface area contributed by atoms with Crippen molar-refractivity contribution in [2.75, 3.05) is 6.26 Å². The average molecular weight is 384 g/mol. The molecule has 0 bridgehead atoms. The van der Waals surface area contributed by atoms with E-state index >= 15 is 0 Å². The van der Waals surface area contributed by atoms with Crippen LogP contribution in [0.3, 0.4) is 0 Å². The Morgan fingerprint density at radius 1 is 1.12 bits per heavy atom. The molecule has 1 aromatic carbocycles. The number of halogens is 1. The molecule has 0 unspecified atom stereocenters. The van der Waals surface area contributed by atoms with Gasteiger partial charge in [0.1, 0.15) is 0 Å². The molecule has 0 aliphatic heterocycles. The summed E-state index contributed by atoms with van der Waals surface area (Å²) in [7, 11) is 0. The summed E-state index contributed by atoms with van der Waals surface area (Å²) in [6.07, 6.45) is 11.3. The number of pyridine rings is 1. The number of thioether (sulfide) groups is 1. The summed E-state index contributed by atoms with van der Waals surface area (Å²) < 4.78 is 0. The van der Waals surface area contributed by atoms with E-state index in [-0.39, 0.29) is 0 Å². The Morgan fingerprint density at radius 3 is 2.38 bits per heavy atom. The summed E-state index contributed by atoms with van der Waals surface area (Å²) in [6, 6.07) is 10.5. The van der Waals surface area contributed by atoms with Gasteiger partial charge in [-0.05, 0) is 57.2 Å². The van der Waals surface area contributed by atoms with E-state index in [1.807, 2.05) is 6.07 Å². The third kappa shape index (κ3) is 5.62. The summed E-state index contributed by atoms with van der Waals surface area (Å²) in [4.78, 5) is 5.93. The highest BCUT2D eigenvalue weighted by Gasteiger charge is 2.11. The van der Waals surface area contributed by atoms with Gasteiger partial charge in [-0.15, -0.1) is 11.8 Å². The Bertz CT molecular complexity index is 841. The lowest BCUT2D eigenvalue weighted by Crippen LogP contribution is -1.94. The Hall–Kier alpha value is -1.77. The molecular weight excluding hydrogens is 358 g/mol. The lowest BCUT2D eigenvalue weighted by atomic mass is 9.97. The number of allylic oxidation sites excluding steroid dienone is 6. The van der Waals surface area contributed by atoms with E-state index in [4.69, 9.17) is 11.6 Å². The second kappa shape index (κ2) is 9.80. The first kappa shape index (κ1) is 20.5. The van der Waals surface area contributed by atoms with Crippen LogP contribution in [0.1, 0.15) is 39.8 Å². The first-order valence-corrected chi connectivity index (χ1v) is 10.4. The molecule has 0 amide bonds. The fraction of sp³-hybridized carbons (Fsp3) is 0.261. The van der Waals surface area contributed by atoms with Crippen molar-refractivity contribution in [3.8, 4) is 11.1 Å². The van der Waals surface area contributed by atoms with Gasteiger partial charge in [-0.1, -0.05) is 60.0 Å². The molecule has 0 saturated heterocycles. The molecule has 0 aliphatic rings. The summed E-state index contributed by atoms with van der Waals surface area (Å²) in [5.74, 6) is 0. The monoisotopic (exact) mass is 383 g/mol. The maximum atomic E-state index is 6.28. The molecule has 1 heterocycles. The van der Waals surface area contributed by atoms with E-state index in [9.17, 15) is 0 Å². The van der Waals surface area contributed by atoms with Crippen LogP contribution in [0, 0.1) is 0 Å². The van der Waals surface area contributed by atoms with Crippen LogP contribution in [0.4, 0.5) is 0 Å². The van der Waals surface area contributed by atoms with Gasteiger partial charge >= 0.3 is 0 Å². The topological polar surface area (TPSA) is 12.9 Å². The Balaban J connectivity index is 2.65. The normalized spacial score (nSPS) is 12.2. The van der Waals surface area contributed by atoms with E-state index in [0.29, 0.717) is 5.02 Å². The van der Waals surface area contributed by atoms with Gasteiger partial charge in [0.2, 0.25) is 0 Å². The molecule has 2 aromatic rings. The molecule has 26 heavy (non-hydrogen) atoms. The van der Waals surface area contributed by atoms with Crippen molar-refractivity contribution in [2.24, 2.45) is 0 Å². The van der Waals surface area contributed by atoms with Crippen molar-refractivity contribution < 1.29 is 0 Å². The number of hydrogen-bond acceptors (Lipinski definition) is 2. The highest BCUT2D eigenvalue weighted by atomic mass is 35.5. The van der Waals surface area contributed by atoms with Gasteiger partial charge in [-0.3, -0.25) is 4.98 Å². The zero-order valence-corrected chi connectivity index (χ0v) is 17.7. The van der Waals surface area contributed by atoms with Gasteiger partial charge in [0.05, 0.1) is 10.7 Å². The fourth-order valence-corrected chi connectivity index (χ4v) is 3.05. The minimum atomic E-state index is 0.649. The second-order valence-corrected chi connectivity index (χ2v) is 7.80. The molecule has 0 saturated carbocycles. The molecular formula is C23H26ClNS. The van der Waals surface area contributed by atoms with Crippen LogP contribution >= 0.6 is 23.4 Å². The number of nitrogens with zero attached hydrogens (tertiary/aromatic N) is 1. The third-order valence-electron chi connectivity index (χ3n) is 4.08. The number of hydrogen-bond donors (Lipinski definition) is 0. The van der Waals surface area contributed by atoms with Crippen molar-refractivity contribution in [3.63, 3.8) is 0 Å². The van der Waals surface area contributed by atoms with Gasteiger partial charge in [0.15, 0.2) is 0 Å². The van der Waals surface area contributed by atoms with Crippen LogP contribution in [0.5, 0.6) is 0 Å². The van der Waals surface area contributed by atoms with Gasteiger partial charge in [-0.2, -0.15) is 0 Å². The van der Waals surface area contributed by atoms with Crippen molar-refractivity contribution in [3.05, 3.63) is 76.6 Å². The van der Waals surface area contributed by atoms with Gasteiger partial charge in [0, 0.05) is 22.2 Å². The smallest absolute Gasteiger partial charge is 0.0781 e. The van der Waals surface area contributed by atoms with Crippen LogP contribution in [-0.2, 0) is 0 Å². The van der Waals surface area contributed by atoms with Gasteiger partial charge < -0.3 is 0 Å². The molecule has 0 spiro atoms. The summed E-state index contributed by atoms with van der Waals surface area (Å²) >= 11 is 8.02. The van der Waals surface area contributed by atoms with Crippen LogP contribution in [0.2, 0.25) is 5.02 Å². The largest absolute Gasteiger partial charge is 0.254 e. The Labute approximate surface area is 166 Å². The zero-order valence-electron chi connectivity index (χ0n) is 16.1. The highest BCUT2D eigenvalue weighted by Crippen LogP contribution is 2.32. The maximum absolute atomic E-state index is 6.28. The van der Waals surface area contributed by atoms with E-state index in [0.717, 1.165) is 28.8 Å². The number of rotatable bonds is 6. The predicted molar refractivity (Wildman–Crippen MR) is 118 cm³/mol. The molecule has 0 aliphatic carbocycles. The Kier molecular flexibility index (Phi) is 7.74. The van der Waals surface area contributed by atoms with Gasteiger partial charge in [0.25, 0.3) is 0 Å². The third-order valence-corrected chi connectivity index (χ3v) is 5.03. The van der Waals surface area contributed by atoms with Crippen LogP contribution in [-0.4, -0.2) is 11.2 Å². The molecule has 1 nitrogen and oxygen atoms in total. The minimum absolute atomic E-state index is 0.649. The quantitative estimate of drug-likeness (QED) is 0.372. The van der Waals surface area contributed by atoms with Crippen LogP contribution in [0.25, 0.3) is 16.7 Å². The number of aromatic nitrogens is 1. The molecule has 136 valence electrons. The van der Waals surface area contributed by atoms with Gasteiger partial charge in [-0.25, -0.2) is 0 Å². The Morgan fingerprint density at radius 2 is 1.81 bits per heavy atom. The fourth-order valence-electron chi connectivity index (χ4n) is 2.48. The van der Waals surface area contributed by atoms with Crippen molar-refractivity contribution >= 4 is 28.9 Å². The van der Waals surface area contributed by atoms with E-state index < -0.39 is 0 Å². The zero-order chi connectivity index (χ0) is 19.1. The molecule has 1 aromatic heterocycles. The van der Waals surface area contributed by atoms with E-state index in [2.05, 4.69) is 81.4 Å². The van der Waals surface area contributed by atoms with E-state index in [1.54, 1.807) is 18.0 Å². The van der Waals surface area contributed by atoms with Crippen LogP contribution in [0.15, 0.2) is 70.8 Å². The standard InChI is InChI=1S/C23H26ClNS/c1-6-17(4)13-19(8-7-16(2)3)23-22(14-20(24)15-25-23)18-9-11-21(26-5)12-10-18/h7-15H,6H2,1-5H3/b17-13+,19-8+. The SMILES string of the molecule is CC/C(C)=C/C(=C\C=C(C)C)c1ncc(Cl)cc1-c1ccc(SC)cc1. The van der Waals surface area contributed by atoms with Crippen LogP contribution < -0.4 is 0 Å². The molecule has 3 heteroatoms. The van der Waals surface area contributed by atoms with Crippen molar-refractivity contribution in [1.82, 2.24) is 4.98 Å². The maximum Gasteiger partial charge on any atom is 0.0781 e. The number of benzene rings is 1. The molecule has 2 rings (SSSR count). The molecule has 0 N–H and O–H groups in total. The second-order valence-electron chi connectivity index (χ2n) is 6.49. The summed E-state index contributed by atoms with van der Waals surface area (Å²) in [5.41, 5.74) is 6.81. The molecule has 0 fully saturated rings. The van der Waals surface area contributed by atoms with Crippen molar-refractivity contribution in [1.29, 1.82) is 0 Å². The summed E-state index contributed by atoms with van der Waals surface area (Å²) in [6.45, 7) is 8.52. The minimum Gasteiger partial charge on any atom is -0.254 e. The van der Waals surface area contributed by atoms with E-state index in [1.165, 1.54) is 16.0 Å². The lowest BCUT2D eigenvalue weighted by Gasteiger charge is -2.12. The highest BCUT2D eigenvalue weighted by molar-refractivity contribution is 7.98. The predicted octanol–water partition coefficient (Wildman–Crippen LogP) is 7.83. The lowest BCUT2D eigenvalue weighted by molar-refractivity contribution is 1.10. The first-order valence-electron chi connectivity index (χ1n) is 8.77. The first-order chi connectivity index (χ1) is 12.4. The molecule has 0 radical (unpaired) electrons. The van der Waals surface area contributed by atoms with Crippen molar-refractivity contribution in [2.45, 2.75) is 39.0 Å². The average Bonchev–Trinajstić information content (AvgIpc) is 2.65.